The van der Waals surface area contributed by atoms with Crippen molar-refractivity contribution in [3.05, 3.63) is 65.3 Å². The number of aromatic nitrogens is 1. The molecule has 0 saturated heterocycles. The molecule has 3 rings (SSSR count). The van der Waals surface area contributed by atoms with Gasteiger partial charge in [-0.3, -0.25) is 4.79 Å². The first-order valence-corrected chi connectivity index (χ1v) is 10.7. The van der Waals surface area contributed by atoms with Gasteiger partial charge in [0.1, 0.15) is 11.6 Å². The molecule has 32 heavy (non-hydrogen) atoms. The second-order valence-electron chi connectivity index (χ2n) is 7.81. The summed E-state index contributed by atoms with van der Waals surface area (Å²) in [6.45, 7) is 3.69. The number of halogens is 2. The van der Waals surface area contributed by atoms with E-state index in [1.807, 2.05) is 26.0 Å². The highest BCUT2D eigenvalue weighted by Crippen LogP contribution is 2.30. The highest BCUT2D eigenvalue weighted by molar-refractivity contribution is 7.15. The summed E-state index contributed by atoms with van der Waals surface area (Å²) in [5.74, 6) is -1.80. The van der Waals surface area contributed by atoms with Crippen molar-refractivity contribution in [2.75, 3.05) is 17.7 Å². The minimum Gasteiger partial charge on any atom is -0.469 e. The van der Waals surface area contributed by atoms with Gasteiger partial charge >= 0.3 is 12.0 Å². The number of anilines is 2. The number of benzene rings is 2. The Morgan fingerprint density at radius 1 is 1.03 bits per heavy atom. The van der Waals surface area contributed by atoms with E-state index in [0.29, 0.717) is 18.5 Å². The lowest BCUT2D eigenvalue weighted by Crippen LogP contribution is -2.26. The van der Waals surface area contributed by atoms with Gasteiger partial charge in [0.05, 0.1) is 22.4 Å². The molecule has 9 heteroatoms. The van der Waals surface area contributed by atoms with Gasteiger partial charge in [0.2, 0.25) is 0 Å². The second-order valence-corrected chi connectivity index (χ2v) is 8.92. The normalized spacial score (nSPS) is 11.2. The molecule has 168 valence electrons. The fourth-order valence-corrected chi connectivity index (χ4v) is 3.92. The summed E-state index contributed by atoms with van der Waals surface area (Å²) in [5, 5.41) is 5.92. The fourth-order valence-electron chi connectivity index (χ4n) is 2.99. The number of amides is 2. The predicted molar refractivity (Wildman–Crippen MR) is 121 cm³/mol. The largest absolute Gasteiger partial charge is 0.469 e. The summed E-state index contributed by atoms with van der Waals surface area (Å²) in [5.41, 5.74) is 0.891. The number of hydrogen-bond donors (Lipinski definition) is 2. The van der Waals surface area contributed by atoms with Gasteiger partial charge in [-0.1, -0.05) is 12.1 Å². The smallest absolute Gasteiger partial charge is 0.323 e. The standard InChI is InChI=1S/C23H23F2N3O3S/c1-23(2,21(29)31-3)9-8-20-26-13-19(32-20)14-4-6-17(7-5-14)27-22(30)28-18-11-15(24)10-16(25)12-18/h4-7,10-13H,8-9H2,1-3H3,(H2,27,28,30). The SMILES string of the molecule is COC(=O)C(C)(C)CCc1ncc(-c2ccc(NC(=O)Nc3cc(F)cc(F)c3)cc2)s1. The number of thiazole rings is 1. The van der Waals surface area contributed by atoms with Crippen LogP contribution < -0.4 is 10.6 Å². The van der Waals surface area contributed by atoms with Crippen molar-refractivity contribution in [2.45, 2.75) is 26.7 Å². The zero-order valence-corrected chi connectivity index (χ0v) is 18.7. The van der Waals surface area contributed by atoms with Gasteiger partial charge in [0, 0.05) is 30.1 Å². The molecule has 2 aromatic carbocycles. The average molecular weight is 460 g/mol. The van der Waals surface area contributed by atoms with E-state index in [-0.39, 0.29) is 11.7 Å². The Morgan fingerprint density at radius 3 is 2.28 bits per heavy atom. The zero-order chi connectivity index (χ0) is 23.3. The molecule has 0 bridgehead atoms. The minimum absolute atomic E-state index is 0.0178. The zero-order valence-electron chi connectivity index (χ0n) is 17.9. The third kappa shape index (κ3) is 6.10. The van der Waals surface area contributed by atoms with Gasteiger partial charge in [-0.05, 0) is 50.1 Å². The maximum atomic E-state index is 13.2. The van der Waals surface area contributed by atoms with Crippen LogP contribution in [-0.2, 0) is 16.0 Å². The first-order chi connectivity index (χ1) is 15.2. The molecule has 0 spiro atoms. The van der Waals surface area contributed by atoms with E-state index in [1.54, 1.807) is 18.3 Å². The van der Waals surface area contributed by atoms with Crippen molar-refractivity contribution >= 4 is 34.7 Å². The maximum Gasteiger partial charge on any atom is 0.323 e. The Hall–Kier alpha value is -3.33. The first-order valence-electron chi connectivity index (χ1n) is 9.84. The van der Waals surface area contributed by atoms with E-state index >= 15 is 0 Å². The van der Waals surface area contributed by atoms with Crippen LogP contribution in [0, 0.1) is 17.0 Å². The summed E-state index contributed by atoms with van der Waals surface area (Å²) >= 11 is 1.54. The Kier molecular flexibility index (Phi) is 7.19. The predicted octanol–water partition coefficient (Wildman–Crippen LogP) is 5.86. The number of rotatable bonds is 7. The summed E-state index contributed by atoms with van der Waals surface area (Å²) in [6.07, 6.45) is 3.06. The molecule has 0 atom stereocenters. The molecule has 1 heterocycles. The summed E-state index contributed by atoms with van der Waals surface area (Å²) in [6, 6.07) is 9.30. The van der Waals surface area contributed by atoms with Crippen LogP contribution in [0.3, 0.4) is 0 Å². The number of carbonyl (C=O) groups is 2. The van der Waals surface area contributed by atoms with Gasteiger partial charge in [0.25, 0.3) is 0 Å². The summed E-state index contributed by atoms with van der Waals surface area (Å²) in [4.78, 5) is 29.3. The molecular formula is C23H23F2N3O3S. The van der Waals surface area contributed by atoms with Crippen molar-refractivity contribution in [1.82, 2.24) is 4.98 Å². The van der Waals surface area contributed by atoms with E-state index in [4.69, 9.17) is 4.74 Å². The van der Waals surface area contributed by atoms with Crippen LogP contribution in [0.25, 0.3) is 10.4 Å². The number of nitrogens with one attached hydrogen (secondary N) is 2. The molecule has 2 amide bonds. The van der Waals surface area contributed by atoms with Crippen molar-refractivity contribution < 1.29 is 23.1 Å². The molecule has 0 radical (unpaired) electrons. The quantitative estimate of drug-likeness (QED) is 0.434. The Labute approximate surface area is 188 Å². The van der Waals surface area contributed by atoms with Crippen LogP contribution in [0.1, 0.15) is 25.3 Å². The molecule has 0 unspecified atom stereocenters. The molecule has 2 N–H and O–H groups in total. The van der Waals surface area contributed by atoms with Crippen LogP contribution in [0.4, 0.5) is 25.0 Å². The average Bonchev–Trinajstić information content (AvgIpc) is 3.20. The van der Waals surface area contributed by atoms with E-state index in [0.717, 1.165) is 33.6 Å². The molecule has 0 aliphatic carbocycles. The van der Waals surface area contributed by atoms with E-state index in [2.05, 4.69) is 15.6 Å². The van der Waals surface area contributed by atoms with Crippen LogP contribution in [-0.4, -0.2) is 24.1 Å². The van der Waals surface area contributed by atoms with E-state index < -0.39 is 23.1 Å². The maximum absolute atomic E-state index is 13.2. The fraction of sp³-hybridized carbons (Fsp3) is 0.261. The third-order valence-electron chi connectivity index (χ3n) is 4.80. The monoisotopic (exact) mass is 459 g/mol. The topological polar surface area (TPSA) is 80.3 Å². The molecule has 1 aromatic heterocycles. The molecular weight excluding hydrogens is 436 g/mol. The van der Waals surface area contributed by atoms with Crippen molar-refractivity contribution in [1.29, 1.82) is 0 Å². The lowest BCUT2D eigenvalue weighted by atomic mass is 9.88. The number of methoxy groups -OCH3 is 1. The van der Waals surface area contributed by atoms with Gasteiger partial charge in [-0.15, -0.1) is 11.3 Å². The van der Waals surface area contributed by atoms with Crippen LogP contribution >= 0.6 is 11.3 Å². The minimum atomic E-state index is -0.776. The molecule has 0 saturated carbocycles. The number of ether oxygens (including phenoxy) is 1. The molecule has 0 aliphatic heterocycles. The first kappa shape index (κ1) is 23.3. The van der Waals surface area contributed by atoms with Crippen LogP contribution in [0.5, 0.6) is 0 Å². The van der Waals surface area contributed by atoms with E-state index in [1.165, 1.54) is 18.4 Å². The van der Waals surface area contributed by atoms with Gasteiger partial charge in [0.15, 0.2) is 0 Å². The van der Waals surface area contributed by atoms with Crippen molar-refractivity contribution in [3.8, 4) is 10.4 Å². The molecule has 0 aliphatic rings. The number of hydrogen-bond acceptors (Lipinski definition) is 5. The number of urea groups is 1. The summed E-state index contributed by atoms with van der Waals surface area (Å²) < 4.78 is 31.3. The Balaban J connectivity index is 1.58. The number of carbonyl (C=O) groups excluding carboxylic acids is 2. The lowest BCUT2D eigenvalue weighted by molar-refractivity contribution is -0.151. The lowest BCUT2D eigenvalue weighted by Gasteiger charge is -2.20. The number of nitrogens with zero attached hydrogens (tertiary/aromatic N) is 1. The second kappa shape index (κ2) is 9.86. The van der Waals surface area contributed by atoms with Crippen LogP contribution in [0.15, 0.2) is 48.7 Å². The number of aryl methyl sites for hydroxylation is 1. The summed E-state index contributed by atoms with van der Waals surface area (Å²) in [7, 11) is 1.38. The third-order valence-corrected chi connectivity index (χ3v) is 5.91. The highest BCUT2D eigenvalue weighted by atomic mass is 32.1. The van der Waals surface area contributed by atoms with Gasteiger partial charge in [-0.2, -0.15) is 0 Å². The molecule has 0 fully saturated rings. The highest BCUT2D eigenvalue weighted by Gasteiger charge is 2.28. The van der Waals surface area contributed by atoms with Crippen molar-refractivity contribution in [3.63, 3.8) is 0 Å². The van der Waals surface area contributed by atoms with Gasteiger partial charge in [-0.25, -0.2) is 18.6 Å². The van der Waals surface area contributed by atoms with Crippen LogP contribution in [0.2, 0.25) is 0 Å². The Morgan fingerprint density at radius 2 is 1.66 bits per heavy atom. The van der Waals surface area contributed by atoms with Crippen molar-refractivity contribution in [2.24, 2.45) is 5.41 Å². The Bertz CT molecular complexity index is 1090. The van der Waals surface area contributed by atoms with E-state index in [9.17, 15) is 18.4 Å². The molecule has 6 nitrogen and oxygen atoms in total. The number of esters is 1. The van der Waals surface area contributed by atoms with Gasteiger partial charge < -0.3 is 15.4 Å². The molecule has 3 aromatic rings.